The number of aromatic nitrogens is 1. The van der Waals surface area contributed by atoms with Crippen LogP contribution in [0.15, 0.2) is 18.3 Å². The number of aliphatic hydroxyl groups is 1. The summed E-state index contributed by atoms with van der Waals surface area (Å²) in [5.41, 5.74) is -1.77. The molecule has 0 fully saturated rings. The molecule has 0 aliphatic heterocycles. The van der Waals surface area contributed by atoms with E-state index in [1.54, 1.807) is 13.8 Å². The number of hydrogen-bond donors (Lipinski definition) is 2. The zero-order chi connectivity index (χ0) is 12.4. The van der Waals surface area contributed by atoms with Crippen molar-refractivity contribution in [3.8, 4) is 0 Å². The van der Waals surface area contributed by atoms with Crippen LogP contribution < -0.4 is 5.32 Å². The molecule has 0 spiro atoms. The fraction of sp³-hybridized carbons (Fsp3) is 0.500. The van der Waals surface area contributed by atoms with Crippen LogP contribution in [-0.4, -0.2) is 22.2 Å². The molecule has 0 radical (unpaired) electrons. The molecule has 0 aromatic carbocycles. The van der Waals surface area contributed by atoms with E-state index in [-0.39, 0.29) is 12.4 Å². The molecular weight excluding hydrogens is 221 g/mol. The summed E-state index contributed by atoms with van der Waals surface area (Å²) in [4.78, 5) is 3.73. The summed E-state index contributed by atoms with van der Waals surface area (Å²) in [5, 5.41) is 12.0. The minimum atomic E-state index is -4.38. The van der Waals surface area contributed by atoms with E-state index in [4.69, 9.17) is 0 Å². The second-order valence-electron chi connectivity index (χ2n) is 4.09. The van der Waals surface area contributed by atoms with Gasteiger partial charge >= 0.3 is 6.18 Å². The third-order valence-corrected chi connectivity index (χ3v) is 1.79. The fourth-order valence-corrected chi connectivity index (χ4v) is 1.01. The molecule has 0 unspecified atom stereocenters. The Morgan fingerprint density at radius 1 is 1.38 bits per heavy atom. The molecule has 6 heteroatoms. The lowest BCUT2D eigenvalue weighted by molar-refractivity contribution is -0.137. The molecule has 0 atom stereocenters. The maximum atomic E-state index is 12.3. The van der Waals surface area contributed by atoms with Crippen molar-refractivity contribution in [2.24, 2.45) is 0 Å². The second-order valence-corrected chi connectivity index (χ2v) is 4.09. The lowest BCUT2D eigenvalue weighted by Crippen LogP contribution is -2.29. The Hall–Kier alpha value is -1.30. The van der Waals surface area contributed by atoms with Crippen LogP contribution >= 0.6 is 0 Å². The molecule has 0 aliphatic carbocycles. The number of rotatable bonds is 3. The molecule has 0 saturated carbocycles. The van der Waals surface area contributed by atoms with Gasteiger partial charge in [0.15, 0.2) is 0 Å². The van der Waals surface area contributed by atoms with E-state index in [9.17, 15) is 18.3 Å². The Morgan fingerprint density at radius 3 is 2.50 bits per heavy atom. The van der Waals surface area contributed by atoms with Crippen molar-refractivity contribution in [2.75, 3.05) is 11.9 Å². The highest BCUT2D eigenvalue weighted by atomic mass is 19.4. The molecule has 1 aromatic rings. The predicted octanol–water partition coefficient (Wildman–Crippen LogP) is 2.28. The number of nitrogens with one attached hydrogen (secondary N) is 1. The Labute approximate surface area is 91.3 Å². The Morgan fingerprint density at radius 2 is 2.00 bits per heavy atom. The molecule has 1 heterocycles. The third-order valence-electron chi connectivity index (χ3n) is 1.79. The molecule has 90 valence electrons. The molecule has 0 amide bonds. The van der Waals surface area contributed by atoms with Gasteiger partial charge in [-0.1, -0.05) is 0 Å². The van der Waals surface area contributed by atoms with Crippen LogP contribution in [0.4, 0.5) is 19.0 Å². The van der Waals surface area contributed by atoms with Crippen molar-refractivity contribution < 1.29 is 18.3 Å². The molecule has 0 bridgehead atoms. The topological polar surface area (TPSA) is 45.1 Å². The molecule has 0 aliphatic rings. The van der Waals surface area contributed by atoms with Crippen molar-refractivity contribution in [3.63, 3.8) is 0 Å². The van der Waals surface area contributed by atoms with Gasteiger partial charge in [0.25, 0.3) is 0 Å². The Balaban J connectivity index is 2.76. The first-order valence-electron chi connectivity index (χ1n) is 4.68. The van der Waals surface area contributed by atoms with E-state index in [1.807, 2.05) is 0 Å². The summed E-state index contributed by atoms with van der Waals surface area (Å²) in [5.74, 6) is 0.0944. The average Bonchev–Trinajstić information content (AvgIpc) is 2.13. The van der Waals surface area contributed by atoms with Crippen LogP contribution in [0.5, 0.6) is 0 Å². The lowest BCUT2D eigenvalue weighted by atomic mass is 10.1. The third kappa shape index (κ3) is 4.06. The summed E-state index contributed by atoms with van der Waals surface area (Å²) in [6.07, 6.45) is -3.30. The zero-order valence-corrected chi connectivity index (χ0v) is 8.97. The molecule has 0 saturated heterocycles. The zero-order valence-electron chi connectivity index (χ0n) is 8.97. The van der Waals surface area contributed by atoms with Gasteiger partial charge in [0.05, 0.1) is 11.2 Å². The monoisotopic (exact) mass is 234 g/mol. The van der Waals surface area contributed by atoms with E-state index in [2.05, 4.69) is 10.3 Å². The van der Waals surface area contributed by atoms with E-state index in [0.29, 0.717) is 0 Å². The van der Waals surface area contributed by atoms with Crippen LogP contribution in [0.25, 0.3) is 0 Å². The Kier molecular flexibility index (Phi) is 3.42. The van der Waals surface area contributed by atoms with Gasteiger partial charge < -0.3 is 10.4 Å². The van der Waals surface area contributed by atoms with Gasteiger partial charge in [-0.05, 0) is 26.0 Å². The van der Waals surface area contributed by atoms with E-state index in [0.717, 1.165) is 18.3 Å². The summed E-state index contributed by atoms with van der Waals surface area (Å²) in [7, 11) is 0. The number of pyridine rings is 1. The molecule has 2 N–H and O–H groups in total. The summed E-state index contributed by atoms with van der Waals surface area (Å²) in [6, 6.07) is 1.81. The minimum Gasteiger partial charge on any atom is -0.389 e. The van der Waals surface area contributed by atoms with Crippen LogP contribution in [0.2, 0.25) is 0 Å². The Bertz CT molecular complexity index is 358. The van der Waals surface area contributed by atoms with E-state index in [1.165, 1.54) is 0 Å². The molecular formula is C10H13F3N2O. The van der Waals surface area contributed by atoms with Crippen molar-refractivity contribution in [1.29, 1.82) is 0 Å². The summed E-state index contributed by atoms with van der Waals surface area (Å²) >= 11 is 0. The highest BCUT2D eigenvalue weighted by Crippen LogP contribution is 2.29. The minimum absolute atomic E-state index is 0.0944. The first-order valence-corrected chi connectivity index (χ1v) is 4.68. The quantitative estimate of drug-likeness (QED) is 0.843. The highest BCUT2D eigenvalue weighted by molar-refractivity contribution is 5.38. The maximum Gasteiger partial charge on any atom is 0.416 e. The van der Waals surface area contributed by atoms with Crippen LogP contribution in [0.1, 0.15) is 19.4 Å². The molecule has 1 aromatic heterocycles. The number of nitrogens with zero attached hydrogens (tertiary/aromatic N) is 1. The van der Waals surface area contributed by atoms with Gasteiger partial charge in [0, 0.05) is 12.7 Å². The first kappa shape index (κ1) is 12.8. The second kappa shape index (κ2) is 4.29. The predicted molar refractivity (Wildman–Crippen MR) is 54.0 cm³/mol. The number of hydrogen-bond acceptors (Lipinski definition) is 3. The number of alkyl halides is 3. The van der Waals surface area contributed by atoms with Crippen molar-refractivity contribution in [2.45, 2.75) is 25.6 Å². The van der Waals surface area contributed by atoms with Crippen LogP contribution in [-0.2, 0) is 6.18 Å². The van der Waals surface area contributed by atoms with Crippen LogP contribution in [0.3, 0.4) is 0 Å². The van der Waals surface area contributed by atoms with Gasteiger partial charge in [0.1, 0.15) is 5.82 Å². The highest BCUT2D eigenvalue weighted by Gasteiger charge is 2.30. The largest absolute Gasteiger partial charge is 0.416 e. The summed E-state index contributed by atoms with van der Waals surface area (Å²) in [6.45, 7) is 3.22. The van der Waals surface area contributed by atoms with Gasteiger partial charge in [0.2, 0.25) is 0 Å². The van der Waals surface area contributed by atoms with Gasteiger partial charge in [-0.2, -0.15) is 13.2 Å². The van der Waals surface area contributed by atoms with Crippen molar-refractivity contribution in [1.82, 2.24) is 4.98 Å². The number of anilines is 1. The smallest absolute Gasteiger partial charge is 0.389 e. The SMILES string of the molecule is CC(C)(O)CNc1cc(C(F)(F)F)ccn1. The first-order chi connectivity index (χ1) is 7.18. The average molecular weight is 234 g/mol. The molecule has 3 nitrogen and oxygen atoms in total. The number of halogens is 3. The van der Waals surface area contributed by atoms with Crippen LogP contribution in [0, 0.1) is 0 Å². The van der Waals surface area contributed by atoms with Crippen molar-refractivity contribution >= 4 is 5.82 Å². The van der Waals surface area contributed by atoms with Gasteiger partial charge in [-0.15, -0.1) is 0 Å². The fourth-order valence-electron chi connectivity index (χ4n) is 1.01. The maximum absolute atomic E-state index is 12.3. The van der Waals surface area contributed by atoms with Crippen molar-refractivity contribution in [3.05, 3.63) is 23.9 Å². The normalized spacial score (nSPS) is 12.6. The van der Waals surface area contributed by atoms with Gasteiger partial charge in [-0.3, -0.25) is 0 Å². The van der Waals surface area contributed by atoms with E-state index < -0.39 is 17.3 Å². The molecule has 16 heavy (non-hydrogen) atoms. The van der Waals surface area contributed by atoms with Gasteiger partial charge in [-0.25, -0.2) is 4.98 Å². The summed E-state index contributed by atoms with van der Waals surface area (Å²) < 4.78 is 37.0. The standard InChI is InChI=1S/C10H13F3N2O/c1-9(2,16)6-15-8-5-7(3-4-14-8)10(11,12)13/h3-5,16H,6H2,1-2H3,(H,14,15). The molecule has 1 rings (SSSR count). The van der Waals surface area contributed by atoms with E-state index >= 15 is 0 Å². The lowest BCUT2D eigenvalue weighted by Gasteiger charge is -2.18.